The van der Waals surface area contributed by atoms with E-state index in [1.165, 1.54) is 0 Å². The molecule has 0 aromatic heterocycles. The minimum atomic E-state index is -1.000. The number of hydrogen-bond acceptors (Lipinski definition) is 3. The first-order valence-corrected chi connectivity index (χ1v) is 6.20. The fourth-order valence-corrected chi connectivity index (χ4v) is 1.90. The fraction of sp³-hybridized carbons (Fsp3) is 0.188. The van der Waals surface area contributed by atoms with Gasteiger partial charge >= 0.3 is 5.97 Å². The summed E-state index contributed by atoms with van der Waals surface area (Å²) in [6.45, 7) is 2.15. The van der Waals surface area contributed by atoms with Crippen molar-refractivity contribution in [3.8, 4) is 11.5 Å². The van der Waals surface area contributed by atoms with Crippen LogP contribution < -0.4 is 9.47 Å². The van der Waals surface area contributed by atoms with Gasteiger partial charge in [-0.05, 0) is 30.7 Å². The molecule has 4 heteroatoms. The van der Waals surface area contributed by atoms with Gasteiger partial charge in [0.2, 0.25) is 0 Å². The number of hydrogen-bond donors (Lipinski definition) is 1. The molecule has 2 aromatic carbocycles. The van der Waals surface area contributed by atoms with Crippen molar-refractivity contribution in [2.75, 3.05) is 7.11 Å². The van der Waals surface area contributed by atoms with Crippen LogP contribution in [0.3, 0.4) is 0 Å². The molecule has 0 spiro atoms. The molecule has 0 heterocycles. The zero-order valence-corrected chi connectivity index (χ0v) is 11.4. The number of para-hydroxylation sites is 1. The van der Waals surface area contributed by atoms with Gasteiger partial charge in [0.1, 0.15) is 23.7 Å². The van der Waals surface area contributed by atoms with Crippen LogP contribution in [-0.2, 0) is 6.61 Å². The van der Waals surface area contributed by atoms with E-state index in [0.717, 1.165) is 16.9 Å². The van der Waals surface area contributed by atoms with Gasteiger partial charge in [-0.2, -0.15) is 0 Å². The third-order valence-corrected chi connectivity index (χ3v) is 2.94. The highest BCUT2D eigenvalue weighted by molar-refractivity contribution is 5.90. The molecule has 0 unspecified atom stereocenters. The monoisotopic (exact) mass is 272 g/mol. The van der Waals surface area contributed by atoms with E-state index in [9.17, 15) is 4.79 Å². The summed E-state index contributed by atoms with van der Waals surface area (Å²) in [4.78, 5) is 11.2. The number of carboxylic acid groups (broad SMARTS) is 1. The number of carbonyl (C=O) groups is 1. The highest BCUT2D eigenvalue weighted by Gasteiger charge is 2.12. The van der Waals surface area contributed by atoms with E-state index in [-0.39, 0.29) is 12.2 Å². The lowest BCUT2D eigenvalue weighted by molar-refractivity contribution is 0.0691. The Bertz CT molecular complexity index is 620. The molecule has 0 saturated carbocycles. The fourth-order valence-electron chi connectivity index (χ4n) is 1.90. The highest BCUT2D eigenvalue weighted by Crippen LogP contribution is 2.24. The Labute approximate surface area is 117 Å². The third kappa shape index (κ3) is 3.09. The van der Waals surface area contributed by atoms with Crippen molar-refractivity contribution in [2.24, 2.45) is 0 Å². The van der Waals surface area contributed by atoms with Crippen LogP contribution in [0, 0.1) is 6.92 Å². The molecule has 0 saturated heterocycles. The molecule has 0 atom stereocenters. The lowest BCUT2D eigenvalue weighted by Crippen LogP contribution is -2.04. The van der Waals surface area contributed by atoms with E-state index in [0.29, 0.717) is 5.75 Å². The van der Waals surface area contributed by atoms with Crippen molar-refractivity contribution < 1.29 is 19.4 Å². The van der Waals surface area contributed by atoms with Crippen LogP contribution in [0.2, 0.25) is 0 Å². The highest BCUT2D eigenvalue weighted by atomic mass is 16.5. The van der Waals surface area contributed by atoms with E-state index < -0.39 is 5.97 Å². The molecule has 0 bridgehead atoms. The zero-order chi connectivity index (χ0) is 14.5. The molecule has 20 heavy (non-hydrogen) atoms. The molecule has 0 aliphatic heterocycles. The second-order valence-electron chi connectivity index (χ2n) is 4.41. The minimum absolute atomic E-state index is 0.158. The van der Waals surface area contributed by atoms with Crippen LogP contribution in [0.4, 0.5) is 0 Å². The molecule has 1 N–H and O–H groups in total. The second kappa shape index (κ2) is 6.10. The van der Waals surface area contributed by atoms with E-state index >= 15 is 0 Å². The molecule has 2 aromatic rings. The summed E-state index contributed by atoms with van der Waals surface area (Å²) in [7, 11) is 1.59. The quantitative estimate of drug-likeness (QED) is 0.907. The molecule has 0 amide bonds. The van der Waals surface area contributed by atoms with Gasteiger partial charge in [-0.3, -0.25) is 0 Å². The van der Waals surface area contributed by atoms with Crippen LogP contribution in [-0.4, -0.2) is 18.2 Å². The van der Waals surface area contributed by atoms with Crippen molar-refractivity contribution in [1.82, 2.24) is 0 Å². The minimum Gasteiger partial charge on any atom is -0.496 e. The van der Waals surface area contributed by atoms with Gasteiger partial charge in [-0.15, -0.1) is 0 Å². The summed E-state index contributed by atoms with van der Waals surface area (Å²) < 4.78 is 10.9. The second-order valence-corrected chi connectivity index (χ2v) is 4.41. The van der Waals surface area contributed by atoms with Crippen molar-refractivity contribution in [3.63, 3.8) is 0 Å². The summed E-state index contributed by atoms with van der Waals surface area (Å²) in [5.41, 5.74) is 1.98. The summed E-state index contributed by atoms with van der Waals surface area (Å²) >= 11 is 0. The Balaban J connectivity index is 2.22. The number of aromatic carboxylic acids is 1. The Kier molecular flexibility index (Phi) is 4.25. The molecule has 0 fully saturated rings. The van der Waals surface area contributed by atoms with Crippen LogP contribution in [0.1, 0.15) is 21.5 Å². The smallest absolute Gasteiger partial charge is 0.339 e. The molecular weight excluding hydrogens is 256 g/mol. The molecular formula is C16H16O4. The van der Waals surface area contributed by atoms with E-state index in [2.05, 4.69) is 0 Å². The first-order valence-electron chi connectivity index (χ1n) is 6.20. The molecule has 2 rings (SSSR count). The number of aryl methyl sites for hydroxylation is 1. The Morgan fingerprint density at radius 2 is 1.90 bits per heavy atom. The average molecular weight is 272 g/mol. The van der Waals surface area contributed by atoms with Crippen molar-refractivity contribution >= 4 is 5.97 Å². The van der Waals surface area contributed by atoms with E-state index in [1.807, 2.05) is 31.2 Å². The van der Waals surface area contributed by atoms with Gasteiger partial charge in [0.25, 0.3) is 0 Å². The number of rotatable bonds is 5. The predicted octanol–water partition coefficient (Wildman–Crippen LogP) is 3.28. The summed E-state index contributed by atoms with van der Waals surface area (Å²) in [6.07, 6.45) is 0. The molecule has 4 nitrogen and oxygen atoms in total. The van der Waals surface area contributed by atoms with Gasteiger partial charge in [-0.25, -0.2) is 4.79 Å². The SMILES string of the molecule is COc1ccccc1COc1cc(C)ccc1C(=O)O. The average Bonchev–Trinajstić information content (AvgIpc) is 2.45. The van der Waals surface area contributed by atoms with Gasteiger partial charge < -0.3 is 14.6 Å². The summed E-state index contributed by atoms with van der Waals surface area (Å²) in [5.74, 6) is 0.0838. The first-order chi connectivity index (χ1) is 9.61. The summed E-state index contributed by atoms with van der Waals surface area (Å²) in [5, 5.41) is 9.15. The van der Waals surface area contributed by atoms with Crippen molar-refractivity contribution in [1.29, 1.82) is 0 Å². The lowest BCUT2D eigenvalue weighted by atomic mass is 10.1. The standard InChI is InChI=1S/C16H16O4/c1-11-7-8-13(16(17)18)15(9-11)20-10-12-5-3-4-6-14(12)19-2/h3-9H,10H2,1-2H3,(H,17,18). The number of methoxy groups -OCH3 is 1. The maximum Gasteiger partial charge on any atom is 0.339 e. The lowest BCUT2D eigenvalue weighted by Gasteiger charge is -2.12. The maximum atomic E-state index is 11.2. The molecule has 0 aliphatic rings. The Hall–Kier alpha value is -2.49. The van der Waals surface area contributed by atoms with Gasteiger partial charge in [0, 0.05) is 5.56 Å². The number of benzene rings is 2. The normalized spacial score (nSPS) is 10.1. The summed E-state index contributed by atoms with van der Waals surface area (Å²) in [6, 6.07) is 12.5. The van der Waals surface area contributed by atoms with Crippen molar-refractivity contribution in [2.45, 2.75) is 13.5 Å². The maximum absolute atomic E-state index is 11.2. The Morgan fingerprint density at radius 1 is 1.15 bits per heavy atom. The van der Waals surface area contributed by atoms with E-state index in [4.69, 9.17) is 14.6 Å². The van der Waals surface area contributed by atoms with Crippen LogP contribution in [0.5, 0.6) is 11.5 Å². The molecule has 0 aliphatic carbocycles. The van der Waals surface area contributed by atoms with Crippen molar-refractivity contribution in [3.05, 3.63) is 59.2 Å². The zero-order valence-electron chi connectivity index (χ0n) is 11.4. The first kappa shape index (κ1) is 13.9. The van der Waals surface area contributed by atoms with Crippen LogP contribution in [0.15, 0.2) is 42.5 Å². The van der Waals surface area contributed by atoms with Gasteiger partial charge in [0.05, 0.1) is 7.11 Å². The molecule has 104 valence electrons. The Morgan fingerprint density at radius 3 is 2.60 bits per heavy atom. The van der Waals surface area contributed by atoms with E-state index in [1.54, 1.807) is 25.3 Å². The van der Waals surface area contributed by atoms with Gasteiger partial charge in [-0.1, -0.05) is 24.3 Å². The third-order valence-electron chi connectivity index (χ3n) is 2.94. The number of ether oxygens (including phenoxy) is 2. The predicted molar refractivity (Wildman–Crippen MR) is 75.5 cm³/mol. The van der Waals surface area contributed by atoms with Crippen LogP contribution in [0.25, 0.3) is 0 Å². The topological polar surface area (TPSA) is 55.8 Å². The largest absolute Gasteiger partial charge is 0.496 e. The van der Waals surface area contributed by atoms with Gasteiger partial charge in [0.15, 0.2) is 0 Å². The molecule has 0 radical (unpaired) electrons. The van der Waals surface area contributed by atoms with Crippen LogP contribution >= 0.6 is 0 Å². The number of carboxylic acids is 1.